The van der Waals surface area contributed by atoms with Crippen molar-refractivity contribution in [1.82, 2.24) is 9.97 Å². The van der Waals surface area contributed by atoms with Crippen molar-refractivity contribution in [2.24, 2.45) is 0 Å². The van der Waals surface area contributed by atoms with E-state index in [0.29, 0.717) is 0 Å². The van der Waals surface area contributed by atoms with Gasteiger partial charge < -0.3 is 4.74 Å². The summed E-state index contributed by atoms with van der Waals surface area (Å²) < 4.78 is 16.3. The van der Waals surface area contributed by atoms with Gasteiger partial charge in [-0.2, -0.15) is 4.98 Å². The Morgan fingerprint density at radius 1 is 1.31 bits per heavy atom. The van der Waals surface area contributed by atoms with E-state index in [2.05, 4.69) is 14.7 Å². The highest BCUT2D eigenvalue weighted by atomic mass is 19.1. The number of alkyl halides is 1. The van der Waals surface area contributed by atoms with E-state index in [1.165, 1.54) is 0 Å². The maximum Gasteiger partial charge on any atom is 0.319 e. The lowest BCUT2D eigenvalue weighted by molar-refractivity contribution is 0.178. The van der Waals surface area contributed by atoms with Crippen LogP contribution in [0.2, 0.25) is 0 Å². The molecule has 0 spiro atoms. The smallest absolute Gasteiger partial charge is 0.319 e. The molecule has 0 fully saturated rings. The molecule has 1 aromatic heterocycles. The monoisotopic (exact) mass is 178 g/mol. The molecule has 0 bridgehead atoms. The fourth-order valence-corrected chi connectivity index (χ4v) is 1.07. The molecule has 0 amide bonds. The van der Waals surface area contributed by atoms with Gasteiger partial charge in [0, 0.05) is 11.6 Å². The van der Waals surface area contributed by atoms with Gasteiger partial charge in [0.2, 0.25) is 6.86 Å². The van der Waals surface area contributed by atoms with E-state index >= 15 is 0 Å². The Balaban J connectivity index is 2.49. The second-order valence-electron chi connectivity index (χ2n) is 2.46. The molecule has 0 aliphatic heterocycles. The van der Waals surface area contributed by atoms with Crippen molar-refractivity contribution in [2.45, 2.75) is 0 Å². The maximum absolute atomic E-state index is 11.8. The first-order valence-corrected chi connectivity index (χ1v) is 3.81. The van der Waals surface area contributed by atoms with Crippen molar-refractivity contribution in [3.63, 3.8) is 0 Å². The molecule has 3 nitrogen and oxygen atoms in total. The van der Waals surface area contributed by atoms with Crippen LogP contribution in [-0.2, 0) is 0 Å². The Labute approximate surface area is 74.2 Å². The average Bonchev–Trinajstić information content (AvgIpc) is 2.18. The predicted molar refractivity (Wildman–Crippen MR) is 46.1 cm³/mol. The van der Waals surface area contributed by atoms with Crippen molar-refractivity contribution in [3.8, 4) is 6.01 Å². The quantitative estimate of drug-likeness (QED) is 0.704. The molecule has 0 saturated carbocycles. The average molecular weight is 178 g/mol. The van der Waals surface area contributed by atoms with E-state index < -0.39 is 6.86 Å². The molecular formula is C9H7FN2O. The molecule has 0 aliphatic carbocycles. The zero-order valence-electron chi connectivity index (χ0n) is 6.77. The zero-order chi connectivity index (χ0) is 9.10. The highest BCUT2D eigenvalue weighted by Crippen LogP contribution is 2.12. The fourth-order valence-electron chi connectivity index (χ4n) is 1.07. The van der Waals surface area contributed by atoms with Crippen LogP contribution in [0.5, 0.6) is 6.01 Å². The minimum Gasteiger partial charge on any atom is -0.431 e. The van der Waals surface area contributed by atoms with Gasteiger partial charge in [0.15, 0.2) is 0 Å². The van der Waals surface area contributed by atoms with Gasteiger partial charge in [0.05, 0.1) is 5.52 Å². The lowest BCUT2D eigenvalue weighted by Gasteiger charge is -1.99. The largest absolute Gasteiger partial charge is 0.431 e. The first kappa shape index (κ1) is 7.91. The molecule has 66 valence electrons. The molecule has 1 heterocycles. The van der Waals surface area contributed by atoms with E-state index in [1.807, 2.05) is 24.3 Å². The summed E-state index contributed by atoms with van der Waals surface area (Å²) in [5, 5.41) is 0.911. The summed E-state index contributed by atoms with van der Waals surface area (Å²) in [4.78, 5) is 7.81. The number of para-hydroxylation sites is 1. The minimum absolute atomic E-state index is 0.0706. The Kier molecular flexibility index (Phi) is 2.04. The summed E-state index contributed by atoms with van der Waals surface area (Å²) in [5.74, 6) is 0. The lowest BCUT2D eigenvalue weighted by Crippen LogP contribution is -1.95. The van der Waals surface area contributed by atoms with Gasteiger partial charge in [-0.1, -0.05) is 18.2 Å². The molecule has 0 N–H and O–H groups in total. The summed E-state index contributed by atoms with van der Waals surface area (Å²) in [6.45, 7) is -0.904. The highest BCUT2D eigenvalue weighted by molar-refractivity contribution is 5.77. The molecule has 2 aromatic rings. The lowest BCUT2D eigenvalue weighted by atomic mass is 10.2. The van der Waals surface area contributed by atoms with Crippen LogP contribution in [0, 0.1) is 0 Å². The minimum atomic E-state index is -0.904. The van der Waals surface area contributed by atoms with Gasteiger partial charge in [-0.3, -0.25) is 0 Å². The number of hydrogen-bond acceptors (Lipinski definition) is 3. The molecule has 4 heteroatoms. The van der Waals surface area contributed by atoms with Crippen molar-refractivity contribution in [2.75, 3.05) is 6.86 Å². The number of fused-ring (bicyclic) bond motifs is 1. The second-order valence-corrected chi connectivity index (χ2v) is 2.46. The number of nitrogens with zero attached hydrogens (tertiary/aromatic N) is 2. The maximum atomic E-state index is 11.8. The second kappa shape index (κ2) is 3.35. The number of benzene rings is 1. The van der Waals surface area contributed by atoms with E-state index in [-0.39, 0.29) is 6.01 Å². The standard InChI is InChI=1S/C9H7FN2O/c10-6-13-9-11-5-7-3-1-2-4-8(7)12-9/h1-5H,6H2. The van der Waals surface area contributed by atoms with E-state index in [1.54, 1.807) is 6.20 Å². The summed E-state index contributed by atoms with van der Waals surface area (Å²) in [5.41, 5.74) is 0.751. The van der Waals surface area contributed by atoms with Gasteiger partial charge >= 0.3 is 6.01 Å². The van der Waals surface area contributed by atoms with Crippen LogP contribution in [0.15, 0.2) is 30.5 Å². The zero-order valence-corrected chi connectivity index (χ0v) is 6.77. The molecule has 13 heavy (non-hydrogen) atoms. The van der Waals surface area contributed by atoms with Crippen molar-refractivity contribution < 1.29 is 9.13 Å². The van der Waals surface area contributed by atoms with E-state index in [4.69, 9.17) is 0 Å². The summed E-state index contributed by atoms with van der Waals surface area (Å²) in [7, 11) is 0. The van der Waals surface area contributed by atoms with Gasteiger partial charge in [0.1, 0.15) is 0 Å². The van der Waals surface area contributed by atoms with E-state index in [9.17, 15) is 4.39 Å². The van der Waals surface area contributed by atoms with Crippen LogP contribution in [0.4, 0.5) is 4.39 Å². The van der Waals surface area contributed by atoms with Crippen LogP contribution in [-0.4, -0.2) is 16.8 Å². The summed E-state index contributed by atoms with van der Waals surface area (Å²) in [6, 6.07) is 7.52. The Morgan fingerprint density at radius 2 is 2.15 bits per heavy atom. The molecular weight excluding hydrogens is 171 g/mol. The predicted octanol–water partition coefficient (Wildman–Crippen LogP) is 1.94. The summed E-state index contributed by atoms with van der Waals surface area (Å²) >= 11 is 0. The van der Waals surface area contributed by atoms with Gasteiger partial charge in [-0.05, 0) is 6.07 Å². The Morgan fingerprint density at radius 3 is 3.00 bits per heavy atom. The number of hydrogen-bond donors (Lipinski definition) is 0. The van der Waals surface area contributed by atoms with Crippen LogP contribution in [0.25, 0.3) is 10.9 Å². The molecule has 0 atom stereocenters. The Hall–Kier alpha value is -1.71. The third-order valence-electron chi connectivity index (χ3n) is 1.65. The highest BCUT2D eigenvalue weighted by Gasteiger charge is 1.98. The van der Waals surface area contributed by atoms with Crippen molar-refractivity contribution in [3.05, 3.63) is 30.5 Å². The van der Waals surface area contributed by atoms with E-state index in [0.717, 1.165) is 10.9 Å². The first-order valence-electron chi connectivity index (χ1n) is 3.81. The molecule has 1 aromatic carbocycles. The SMILES string of the molecule is FCOc1ncc2ccccc2n1. The first-order chi connectivity index (χ1) is 6.40. The number of halogens is 1. The number of ether oxygens (including phenoxy) is 1. The summed E-state index contributed by atoms with van der Waals surface area (Å²) in [6.07, 6.45) is 1.60. The molecule has 0 aliphatic rings. The third-order valence-corrected chi connectivity index (χ3v) is 1.65. The van der Waals surface area contributed by atoms with Crippen molar-refractivity contribution >= 4 is 10.9 Å². The van der Waals surface area contributed by atoms with Crippen LogP contribution < -0.4 is 4.74 Å². The normalized spacial score (nSPS) is 10.2. The molecule has 2 rings (SSSR count). The van der Waals surface area contributed by atoms with Crippen molar-refractivity contribution in [1.29, 1.82) is 0 Å². The molecule has 0 saturated heterocycles. The third kappa shape index (κ3) is 1.56. The van der Waals surface area contributed by atoms with Gasteiger partial charge in [0.25, 0.3) is 0 Å². The molecule has 0 radical (unpaired) electrons. The van der Waals surface area contributed by atoms with Crippen LogP contribution in [0.1, 0.15) is 0 Å². The fraction of sp³-hybridized carbons (Fsp3) is 0.111. The number of rotatable bonds is 2. The number of aromatic nitrogens is 2. The Bertz CT molecular complexity index is 419. The topological polar surface area (TPSA) is 35.0 Å². The van der Waals surface area contributed by atoms with Crippen LogP contribution >= 0.6 is 0 Å². The van der Waals surface area contributed by atoms with Gasteiger partial charge in [-0.25, -0.2) is 9.37 Å². The van der Waals surface area contributed by atoms with Gasteiger partial charge in [-0.15, -0.1) is 0 Å². The van der Waals surface area contributed by atoms with Crippen LogP contribution in [0.3, 0.4) is 0 Å². The molecule has 0 unspecified atom stereocenters.